The van der Waals surface area contributed by atoms with Crippen LogP contribution in [0, 0.1) is 0 Å². The molecule has 0 fully saturated rings. The van der Waals surface area contributed by atoms with Gasteiger partial charge in [0.25, 0.3) is 5.56 Å². The number of aromatic nitrogens is 1. The molecular formula is C15H19FN2O3. The predicted octanol–water partition coefficient (Wildman–Crippen LogP) is 2.59. The first-order valence-electron chi connectivity index (χ1n) is 6.94. The number of hydrogen-bond donors (Lipinski definition) is 1. The first-order chi connectivity index (χ1) is 10.2. The molecule has 6 heteroatoms. The molecule has 0 unspecified atom stereocenters. The Morgan fingerprint density at radius 3 is 3.00 bits per heavy atom. The van der Waals surface area contributed by atoms with Gasteiger partial charge in [0.05, 0.1) is 18.3 Å². The van der Waals surface area contributed by atoms with E-state index in [1.54, 1.807) is 18.2 Å². The highest BCUT2D eigenvalue weighted by molar-refractivity contribution is 5.77. The monoisotopic (exact) mass is 294 g/mol. The van der Waals surface area contributed by atoms with Gasteiger partial charge in [0.1, 0.15) is 12.4 Å². The van der Waals surface area contributed by atoms with Crippen LogP contribution in [0.4, 0.5) is 4.39 Å². The number of aryl methyl sites for hydroxylation is 1. The van der Waals surface area contributed by atoms with Crippen molar-refractivity contribution in [2.75, 3.05) is 13.2 Å². The van der Waals surface area contributed by atoms with E-state index in [1.165, 1.54) is 4.74 Å². The van der Waals surface area contributed by atoms with Crippen molar-refractivity contribution in [2.45, 2.75) is 26.3 Å². The lowest BCUT2D eigenvalue weighted by Gasteiger charge is -2.06. The summed E-state index contributed by atoms with van der Waals surface area (Å²) in [6.07, 6.45) is 2.30. The number of nitrogens with zero attached hydrogens (tertiary/aromatic N) is 1. The quantitative estimate of drug-likeness (QED) is 0.852. The standard InChI is InChI=1S/C15H19FN2O3/c1-2-3-6-18-15(19)13-5-4-12(7-14(13)21-18)20-10-11(8-16)9-17/h4-5,7-8H,2-3,6,9-10,17H2,1H3/b11-8+. The van der Waals surface area contributed by atoms with Gasteiger partial charge in [-0.2, -0.15) is 4.74 Å². The Morgan fingerprint density at radius 1 is 1.52 bits per heavy atom. The molecule has 0 aliphatic heterocycles. The number of rotatable bonds is 7. The summed E-state index contributed by atoms with van der Waals surface area (Å²) in [4.78, 5) is 12.1. The van der Waals surface area contributed by atoms with Crippen molar-refractivity contribution in [3.05, 3.63) is 40.5 Å². The van der Waals surface area contributed by atoms with Crippen LogP contribution < -0.4 is 16.0 Å². The van der Waals surface area contributed by atoms with Gasteiger partial charge in [-0.15, -0.1) is 0 Å². The zero-order valence-corrected chi connectivity index (χ0v) is 12.0. The third-order valence-electron chi connectivity index (χ3n) is 3.17. The molecule has 1 heterocycles. The fraction of sp³-hybridized carbons (Fsp3) is 0.400. The minimum atomic E-state index is -0.142. The molecular weight excluding hydrogens is 275 g/mol. The SMILES string of the molecule is CCCCn1oc2cc(OC/C(=C/F)CN)ccc2c1=O. The predicted molar refractivity (Wildman–Crippen MR) is 79.1 cm³/mol. The molecule has 21 heavy (non-hydrogen) atoms. The van der Waals surface area contributed by atoms with Crippen molar-refractivity contribution in [1.82, 2.24) is 4.74 Å². The third-order valence-corrected chi connectivity index (χ3v) is 3.17. The van der Waals surface area contributed by atoms with Crippen LogP contribution in [0.5, 0.6) is 5.75 Å². The molecule has 2 aromatic rings. The molecule has 0 saturated heterocycles. The topological polar surface area (TPSA) is 70.4 Å². The normalized spacial score (nSPS) is 12.0. The maximum absolute atomic E-state index is 12.4. The van der Waals surface area contributed by atoms with E-state index in [4.69, 9.17) is 15.0 Å². The van der Waals surface area contributed by atoms with Crippen molar-refractivity contribution in [3.8, 4) is 5.75 Å². The molecule has 0 bridgehead atoms. The summed E-state index contributed by atoms with van der Waals surface area (Å²) in [5.41, 5.74) is 6.04. The van der Waals surface area contributed by atoms with Crippen LogP contribution in [0.15, 0.2) is 39.4 Å². The molecule has 114 valence electrons. The fourth-order valence-electron chi connectivity index (χ4n) is 1.90. The van der Waals surface area contributed by atoms with Crippen LogP contribution in [0.3, 0.4) is 0 Å². The number of nitrogens with two attached hydrogens (primary N) is 1. The van der Waals surface area contributed by atoms with Crippen molar-refractivity contribution in [1.29, 1.82) is 0 Å². The van der Waals surface area contributed by atoms with E-state index in [9.17, 15) is 9.18 Å². The maximum Gasteiger partial charge on any atom is 0.290 e. The van der Waals surface area contributed by atoms with Gasteiger partial charge in [-0.3, -0.25) is 4.79 Å². The molecule has 5 nitrogen and oxygen atoms in total. The van der Waals surface area contributed by atoms with Crippen LogP contribution in [0.2, 0.25) is 0 Å². The van der Waals surface area contributed by atoms with E-state index in [2.05, 4.69) is 0 Å². The van der Waals surface area contributed by atoms with Gasteiger partial charge in [0.15, 0.2) is 5.58 Å². The highest BCUT2D eigenvalue weighted by Gasteiger charge is 2.10. The van der Waals surface area contributed by atoms with Gasteiger partial charge in [0, 0.05) is 18.2 Å². The van der Waals surface area contributed by atoms with Gasteiger partial charge in [-0.1, -0.05) is 13.3 Å². The lowest BCUT2D eigenvalue weighted by Crippen LogP contribution is -2.13. The van der Waals surface area contributed by atoms with Gasteiger partial charge in [0.2, 0.25) is 0 Å². The van der Waals surface area contributed by atoms with E-state index >= 15 is 0 Å². The average molecular weight is 294 g/mol. The Labute approximate surface area is 121 Å². The van der Waals surface area contributed by atoms with Crippen molar-refractivity contribution in [3.63, 3.8) is 0 Å². The van der Waals surface area contributed by atoms with Gasteiger partial charge < -0.3 is 15.0 Å². The minimum Gasteiger partial charge on any atom is -0.489 e. The summed E-state index contributed by atoms with van der Waals surface area (Å²) < 4.78 is 24.7. The number of benzene rings is 1. The summed E-state index contributed by atoms with van der Waals surface area (Å²) in [5, 5.41) is 0.513. The Hall–Kier alpha value is -2.08. The lowest BCUT2D eigenvalue weighted by atomic mass is 10.2. The van der Waals surface area contributed by atoms with Crippen LogP contribution in [-0.4, -0.2) is 17.9 Å². The van der Waals surface area contributed by atoms with E-state index < -0.39 is 0 Å². The molecule has 0 saturated carbocycles. The highest BCUT2D eigenvalue weighted by atomic mass is 19.1. The summed E-state index contributed by atoms with van der Waals surface area (Å²) in [7, 11) is 0. The number of unbranched alkanes of at least 4 members (excludes halogenated alkanes) is 1. The Kier molecular flexibility index (Phi) is 5.16. The third kappa shape index (κ3) is 3.52. The molecule has 0 aliphatic carbocycles. The zero-order valence-electron chi connectivity index (χ0n) is 12.0. The number of halogens is 1. The minimum absolute atomic E-state index is 0.0687. The molecule has 0 spiro atoms. The summed E-state index contributed by atoms with van der Waals surface area (Å²) in [6.45, 7) is 2.77. The van der Waals surface area contributed by atoms with Crippen molar-refractivity contribution >= 4 is 11.0 Å². The molecule has 0 amide bonds. The highest BCUT2D eigenvalue weighted by Crippen LogP contribution is 2.19. The molecule has 1 aromatic carbocycles. The summed E-state index contributed by atoms with van der Waals surface area (Å²) in [6, 6.07) is 4.95. The van der Waals surface area contributed by atoms with E-state index in [1.807, 2.05) is 6.92 Å². The van der Waals surface area contributed by atoms with E-state index in [0.29, 0.717) is 35.2 Å². The molecule has 1 aromatic heterocycles. The first kappa shape index (κ1) is 15.3. The van der Waals surface area contributed by atoms with Gasteiger partial charge in [-0.05, 0) is 18.6 Å². The maximum atomic E-state index is 12.4. The van der Waals surface area contributed by atoms with Crippen molar-refractivity contribution in [2.24, 2.45) is 5.73 Å². The smallest absolute Gasteiger partial charge is 0.290 e. The second-order valence-corrected chi connectivity index (χ2v) is 4.77. The van der Waals surface area contributed by atoms with Crippen LogP contribution in [-0.2, 0) is 6.54 Å². The first-order valence-corrected chi connectivity index (χ1v) is 6.94. The van der Waals surface area contributed by atoms with Crippen LogP contribution >= 0.6 is 0 Å². The molecule has 0 aliphatic rings. The zero-order chi connectivity index (χ0) is 15.2. The second-order valence-electron chi connectivity index (χ2n) is 4.77. The average Bonchev–Trinajstić information content (AvgIpc) is 2.82. The number of ether oxygens (including phenoxy) is 1. The number of fused-ring (bicyclic) bond motifs is 1. The molecule has 0 atom stereocenters. The Morgan fingerprint density at radius 2 is 2.33 bits per heavy atom. The van der Waals surface area contributed by atoms with Crippen LogP contribution in [0.1, 0.15) is 19.8 Å². The molecule has 2 rings (SSSR count). The fourth-order valence-corrected chi connectivity index (χ4v) is 1.90. The summed E-state index contributed by atoms with van der Waals surface area (Å²) in [5.74, 6) is 0.506. The Bertz CT molecular complexity index is 688. The van der Waals surface area contributed by atoms with E-state index in [0.717, 1.165) is 12.8 Å². The molecule has 0 radical (unpaired) electrons. The molecule has 2 N–H and O–H groups in total. The lowest BCUT2D eigenvalue weighted by molar-refractivity contribution is 0.276. The second kappa shape index (κ2) is 7.08. The summed E-state index contributed by atoms with van der Waals surface area (Å²) >= 11 is 0. The van der Waals surface area contributed by atoms with Crippen molar-refractivity contribution < 1.29 is 13.7 Å². The Balaban J connectivity index is 2.19. The van der Waals surface area contributed by atoms with Gasteiger partial charge >= 0.3 is 0 Å². The van der Waals surface area contributed by atoms with E-state index in [-0.39, 0.29) is 18.7 Å². The number of hydrogen-bond acceptors (Lipinski definition) is 4. The van der Waals surface area contributed by atoms with Gasteiger partial charge in [-0.25, -0.2) is 4.39 Å². The van der Waals surface area contributed by atoms with Crippen LogP contribution in [0.25, 0.3) is 11.0 Å². The largest absolute Gasteiger partial charge is 0.489 e.